The third-order valence-corrected chi connectivity index (χ3v) is 3.85. The summed E-state index contributed by atoms with van der Waals surface area (Å²) in [5.41, 5.74) is 4.04. The summed E-state index contributed by atoms with van der Waals surface area (Å²) in [6.45, 7) is 2.08. The van der Waals surface area contributed by atoms with E-state index in [-0.39, 0.29) is 0 Å². The predicted octanol–water partition coefficient (Wildman–Crippen LogP) is 4.30. The molecule has 2 heterocycles. The first kappa shape index (κ1) is 14.3. The van der Waals surface area contributed by atoms with E-state index in [9.17, 15) is 0 Å². The molecule has 4 heteroatoms. The first-order valence-corrected chi connectivity index (χ1v) is 7.82. The summed E-state index contributed by atoms with van der Waals surface area (Å²) in [4.78, 5) is 4.44. The molecule has 0 N–H and O–H groups in total. The van der Waals surface area contributed by atoms with E-state index in [1.54, 1.807) is 6.20 Å². The van der Waals surface area contributed by atoms with E-state index in [1.807, 2.05) is 54.6 Å². The average molecular weight is 312 g/mol. The van der Waals surface area contributed by atoms with Crippen molar-refractivity contribution in [1.29, 1.82) is 0 Å². The van der Waals surface area contributed by atoms with Gasteiger partial charge in [0.05, 0.1) is 0 Å². The lowest BCUT2D eigenvalue weighted by Crippen LogP contribution is -2.01. The van der Waals surface area contributed by atoms with Gasteiger partial charge in [0.25, 0.3) is 0 Å². The second-order valence-corrected chi connectivity index (χ2v) is 5.60. The third kappa shape index (κ3) is 2.58. The monoisotopic (exact) mass is 312 g/mol. The van der Waals surface area contributed by atoms with Gasteiger partial charge in [0, 0.05) is 17.4 Å². The second kappa shape index (κ2) is 6.08. The van der Waals surface area contributed by atoms with Crippen molar-refractivity contribution in [3.63, 3.8) is 0 Å². The lowest BCUT2D eigenvalue weighted by molar-refractivity contribution is 1.05. The zero-order valence-electron chi connectivity index (χ0n) is 13.3. The van der Waals surface area contributed by atoms with E-state index in [0.717, 1.165) is 28.6 Å². The molecule has 4 aromatic rings. The quantitative estimate of drug-likeness (QED) is 0.566. The summed E-state index contributed by atoms with van der Waals surface area (Å²) in [7, 11) is 0. The van der Waals surface area contributed by atoms with Crippen molar-refractivity contribution >= 4 is 0 Å². The van der Waals surface area contributed by atoms with E-state index in [0.29, 0.717) is 0 Å². The lowest BCUT2D eigenvalue weighted by atomic mass is 10.2. The van der Waals surface area contributed by atoms with E-state index in [2.05, 4.69) is 44.9 Å². The topological polar surface area (TPSA) is 43.6 Å². The standard InChI is InChI=1S/C20H16N4/c1-15-8-7-11-17(14-15)24-19(16-9-3-2-4-10-16)22-23-20(24)18-12-5-6-13-21-18/h2-14H,1H3. The molecule has 4 nitrogen and oxygen atoms in total. The SMILES string of the molecule is Cc1cccc(-n2c(-c3ccccc3)nnc2-c2ccccn2)c1. The van der Waals surface area contributed by atoms with Gasteiger partial charge in [-0.2, -0.15) is 0 Å². The van der Waals surface area contributed by atoms with Crippen LogP contribution in [0, 0.1) is 6.92 Å². The van der Waals surface area contributed by atoms with E-state index >= 15 is 0 Å². The lowest BCUT2D eigenvalue weighted by Gasteiger charge is -2.11. The largest absolute Gasteiger partial charge is 0.274 e. The summed E-state index contributed by atoms with van der Waals surface area (Å²) in [6, 6.07) is 24.2. The number of aryl methyl sites for hydroxylation is 1. The molecule has 0 aliphatic heterocycles. The van der Waals surface area contributed by atoms with Crippen LogP contribution in [0.15, 0.2) is 79.0 Å². The Balaban J connectivity index is 1.98. The fourth-order valence-corrected chi connectivity index (χ4v) is 2.73. The summed E-state index contributed by atoms with van der Waals surface area (Å²) in [6.07, 6.45) is 1.77. The molecule has 24 heavy (non-hydrogen) atoms. The Kier molecular flexibility index (Phi) is 3.63. The van der Waals surface area contributed by atoms with Crippen molar-refractivity contribution in [1.82, 2.24) is 19.7 Å². The van der Waals surface area contributed by atoms with Gasteiger partial charge in [-0.1, -0.05) is 48.5 Å². The van der Waals surface area contributed by atoms with Gasteiger partial charge in [-0.25, -0.2) is 0 Å². The molecule has 2 aromatic heterocycles. The van der Waals surface area contributed by atoms with Crippen molar-refractivity contribution in [2.45, 2.75) is 6.92 Å². The fourth-order valence-electron chi connectivity index (χ4n) is 2.73. The molecule has 0 bridgehead atoms. The molecule has 0 saturated carbocycles. The number of hydrogen-bond donors (Lipinski definition) is 0. The maximum Gasteiger partial charge on any atom is 0.187 e. The Morgan fingerprint density at radius 3 is 2.29 bits per heavy atom. The van der Waals surface area contributed by atoms with Gasteiger partial charge in [-0.3, -0.25) is 9.55 Å². The zero-order chi connectivity index (χ0) is 16.4. The number of pyridine rings is 1. The van der Waals surface area contributed by atoms with Gasteiger partial charge in [-0.15, -0.1) is 10.2 Å². The zero-order valence-corrected chi connectivity index (χ0v) is 13.3. The van der Waals surface area contributed by atoms with E-state index in [1.165, 1.54) is 5.56 Å². The highest BCUT2D eigenvalue weighted by Crippen LogP contribution is 2.27. The molecule has 116 valence electrons. The van der Waals surface area contributed by atoms with Gasteiger partial charge in [0.15, 0.2) is 11.6 Å². The molecule has 0 aliphatic rings. The normalized spacial score (nSPS) is 10.7. The molecule has 2 aromatic carbocycles. The van der Waals surface area contributed by atoms with Gasteiger partial charge in [0.2, 0.25) is 0 Å². The van der Waals surface area contributed by atoms with Gasteiger partial charge in [0.1, 0.15) is 5.69 Å². The summed E-state index contributed by atoms with van der Waals surface area (Å²) < 4.78 is 2.06. The van der Waals surface area contributed by atoms with Crippen LogP contribution in [0.5, 0.6) is 0 Å². The van der Waals surface area contributed by atoms with Gasteiger partial charge < -0.3 is 0 Å². The van der Waals surface area contributed by atoms with Crippen LogP contribution >= 0.6 is 0 Å². The summed E-state index contributed by atoms with van der Waals surface area (Å²) in [5, 5.41) is 8.86. The maximum absolute atomic E-state index is 4.44. The molecule has 0 radical (unpaired) electrons. The van der Waals surface area contributed by atoms with Crippen molar-refractivity contribution in [2.24, 2.45) is 0 Å². The van der Waals surface area contributed by atoms with Crippen molar-refractivity contribution < 1.29 is 0 Å². The van der Waals surface area contributed by atoms with Crippen LogP contribution in [-0.2, 0) is 0 Å². The number of aromatic nitrogens is 4. The minimum Gasteiger partial charge on any atom is -0.274 e. The second-order valence-electron chi connectivity index (χ2n) is 5.60. The first-order chi connectivity index (χ1) is 11.8. The number of rotatable bonds is 3. The highest BCUT2D eigenvalue weighted by Gasteiger charge is 2.17. The molecule has 0 unspecified atom stereocenters. The van der Waals surface area contributed by atoms with Crippen LogP contribution in [0.3, 0.4) is 0 Å². The van der Waals surface area contributed by atoms with Crippen LogP contribution in [0.4, 0.5) is 0 Å². The fraction of sp³-hybridized carbons (Fsp3) is 0.0500. The molecule has 0 saturated heterocycles. The first-order valence-electron chi connectivity index (χ1n) is 7.82. The van der Waals surface area contributed by atoms with Gasteiger partial charge >= 0.3 is 0 Å². The minimum absolute atomic E-state index is 0.736. The van der Waals surface area contributed by atoms with Crippen molar-refractivity contribution in [3.05, 3.63) is 84.6 Å². The molecular weight excluding hydrogens is 296 g/mol. The Hall–Kier alpha value is -3.27. The Morgan fingerprint density at radius 1 is 0.750 bits per heavy atom. The van der Waals surface area contributed by atoms with E-state index in [4.69, 9.17) is 0 Å². The van der Waals surface area contributed by atoms with Crippen molar-refractivity contribution in [3.8, 4) is 28.6 Å². The van der Waals surface area contributed by atoms with Crippen LogP contribution in [-0.4, -0.2) is 19.7 Å². The number of benzene rings is 2. The highest BCUT2D eigenvalue weighted by atomic mass is 15.3. The molecular formula is C20H16N4. The number of hydrogen-bond acceptors (Lipinski definition) is 3. The molecule has 4 rings (SSSR count). The van der Waals surface area contributed by atoms with Crippen molar-refractivity contribution in [2.75, 3.05) is 0 Å². The van der Waals surface area contributed by atoms with Crippen LogP contribution < -0.4 is 0 Å². The molecule has 0 amide bonds. The summed E-state index contributed by atoms with van der Waals surface area (Å²) in [5.74, 6) is 1.54. The maximum atomic E-state index is 4.44. The van der Waals surface area contributed by atoms with Gasteiger partial charge in [-0.05, 0) is 36.8 Å². The molecule has 0 spiro atoms. The Bertz CT molecular complexity index is 902. The average Bonchev–Trinajstić information content (AvgIpc) is 3.08. The van der Waals surface area contributed by atoms with Crippen LogP contribution in [0.1, 0.15) is 5.56 Å². The highest BCUT2D eigenvalue weighted by molar-refractivity contribution is 5.65. The molecule has 0 aliphatic carbocycles. The number of nitrogens with zero attached hydrogens (tertiary/aromatic N) is 4. The summed E-state index contributed by atoms with van der Waals surface area (Å²) >= 11 is 0. The predicted molar refractivity (Wildman–Crippen MR) is 94.8 cm³/mol. The Morgan fingerprint density at radius 2 is 1.54 bits per heavy atom. The molecule has 0 fully saturated rings. The third-order valence-electron chi connectivity index (χ3n) is 3.85. The van der Waals surface area contributed by atoms with Crippen LogP contribution in [0.2, 0.25) is 0 Å². The van der Waals surface area contributed by atoms with Crippen LogP contribution in [0.25, 0.3) is 28.6 Å². The minimum atomic E-state index is 0.736. The Labute approximate surface area is 140 Å². The smallest absolute Gasteiger partial charge is 0.187 e. The van der Waals surface area contributed by atoms with E-state index < -0.39 is 0 Å². The molecule has 0 atom stereocenters.